The Balaban J connectivity index is 2.86. The minimum absolute atomic E-state index is 0.00994. The first-order valence-corrected chi connectivity index (χ1v) is 23.5. The Morgan fingerprint density at radius 2 is 1.00 bits per heavy atom. The van der Waals surface area contributed by atoms with Gasteiger partial charge in [0.25, 0.3) is 0 Å². The van der Waals surface area contributed by atoms with Crippen molar-refractivity contribution in [3.8, 4) is 0 Å². The van der Waals surface area contributed by atoms with Crippen molar-refractivity contribution in [2.45, 2.75) is 172 Å². The fraction of sp³-hybridized carbons (Fsp3) is 0.879. The molecule has 0 heterocycles. The number of ether oxygens (including phenoxy) is 2. The molecule has 0 saturated heterocycles. The van der Waals surface area contributed by atoms with Gasteiger partial charge in [0.1, 0.15) is 43.2 Å². The van der Waals surface area contributed by atoms with Gasteiger partial charge in [0.2, 0.25) is 0 Å². The molecule has 0 aromatic carbocycles. The van der Waals surface area contributed by atoms with E-state index in [0.717, 1.165) is 70.6 Å². The van der Waals surface area contributed by atoms with E-state index in [4.69, 9.17) is 28.3 Å². The molecule has 1 aliphatic carbocycles. The maximum absolute atomic E-state index is 13.0. The fourth-order valence-corrected chi connectivity index (χ4v) is 7.79. The summed E-state index contributed by atoms with van der Waals surface area (Å²) in [5.41, 5.74) is 0. The van der Waals surface area contributed by atoms with Gasteiger partial charge in [-0.15, -0.1) is 0 Å². The summed E-state index contributed by atoms with van der Waals surface area (Å²) in [6.45, 7) is 2.76. The number of allylic oxidation sites excluding steroid dienone is 2. The number of carbonyl (C=O) groups excluding carboxylic acids is 2. The first kappa shape index (κ1) is 51.9. The second kappa shape index (κ2) is 27.6. The van der Waals surface area contributed by atoms with Crippen molar-refractivity contribution in [2.24, 2.45) is 0 Å². The predicted molar refractivity (Wildman–Crippen MR) is 197 cm³/mol. The van der Waals surface area contributed by atoms with Gasteiger partial charge < -0.3 is 49.3 Å². The van der Waals surface area contributed by atoms with Gasteiger partial charge in [-0.25, -0.2) is 13.7 Å². The SMILES string of the molecule is CCCCC/C=C\CCCCCCCC(=O)O[C@H](COC(=O)CCCCCCCC)COP(=O)(O)O[C@@H]1[C@@H](O)[C@H](O)[C@@H](OP(=O)(O)O)[C@H](OP(=O)(O)O)[C@H]1O. The molecule has 22 heteroatoms. The average molecular weight is 857 g/mol. The molecule has 8 atom stereocenters. The van der Waals surface area contributed by atoms with E-state index in [9.17, 15) is 53.3 Å². The molecule has 1 aliphatic rings. The number of hydrogen-bond donors (Lipinski definition) is 8. The van der Waals surface area contributed by atoms with Crippen molar-refractivity contribution in [3.05, 3.63) is 12.2 Å². The standard InChI is InChI=1S/C33H63O19P3/c1-3-5-7-9-11-12-13-14-15-16-18-20-22-27(35)49-25(23-47-26(34)21-19-17-10-8-6-4-2)24-48-55(45,46)52-31-28(36)29(37)32(50-53(39,40)41)33(30(31)38)51-54(42,43)44/h11-12,25,28-33,36-38H,3-10,13-24H2,1-2H3,(H,45,46)(H2,39,40,41)(H2,42,43,44)/b12-11-/t25-,28+,29+,30+,31-,32-,33-/m1/s1. The smallest absolute Gasteiger partial charge is 0.462 e. The Labute approximate surface area is 323 Å². The lowest BCUT2D eigenvalue weighted by molar-refractivity contribution is -0.213. The van der Waals surface area contributed by atoms with Crippen LogP contribution in [0.1, 0.15) is 129 Å². The number of unbranched alkanes of at least 4 members (excludes halogenated alkanes) is 13. The molecule has 324 valence electrons. The van der Waals surface area contributed by atoms with Crippen LogP contribution in [0, 0.1) is 0 Å². The molecule has 0 aliphatic heterocycles. The van der Waals surface area contributed by atoms with E-state index in [0.29, 0.717) is 12.8 Å². The van der Waals surface area contributed by atoms with Gasteiger partial charge in [-0.05, 0) is 38.5 Å². The van der Waals surface area contributed by atoms with Crippen LogP contribution in [0.5, 0.6) is 0 Å². The Morgan fingerprint density at radius 3 is 1.55 bits per heavy atom. The molecule has 0 spiro atoms. The summed E-state index contributed by atoms with van der Waals surface area (Å²) in [6, 6.07) is 0. The zero-order chi connectivity index (χ0) is 41.5. The van der Waals surface area contributed by atoms with Crippen LogP contribution in [0.2, 0.25) is 0 Å². The van der Waals surface area contributed by atoms with Gasteiger partial charge >= 0.3 is 35.4 Å². The molecule has 19 nitrogen and oxygen atoms in total. The van der Waals surface area contributed by atoms with E-state index in [-0.39, 0.29) is 12.8 Å². The van der Waals surface area contributed by atoms with E-state index in [1.54, 1.807) is 0 Å². The molecule has 1 rings (SSSR count). The lowest BCUT2D eigenvalue weighted by Crippen LogP contribution is -2.65. The van der Waals surface area contributed by atoms with Gasteiger partial charge in [0, 0.05) is 12.8 Å². The van der Waals surface area contributed by atoms with E-state index in [1.807, 2.05) is 0 Å². The van der Waals surface area contributed by atoms with Crippen LogP contribution >= 0.6 is 23.5 Å². The number of aliphatic hydroxyl groups excluding tert-OH is 3. The number of carbonyl (C=O) groups is 2. The number of aliphatic hydroxyl groups is 3. The molecule has 1 saturated carbocycles. The molecule has 0 bridgehead atoms. The van der Waals surface area contributed by atoms with Crippen LogP contribution in [0.25, 0.3) is 0 Å². The summed E-state index contributed by atoms with van der Waals surface area (Å²) in [6.07, 6.45) is 3.39. The zero-order valence-electron chi connectivity index (χ0n) is 31.7. The van der Waals surface area contributed by atoms with Crippen molar-refractivity contribution < 1.29 is 90.6 Å². The van der Waals surface area contributed by atoms with Gasteiger partial charge in [-0.3, -0.25) is 27.7 Å². The van der Waals surface area contributed by atoms with E-state index < -0.39 is 91.3 Å². The third kappa shape index (κ3) is 24.4. The van der Waals surface area contributed by atoms with Gasteiger partial charge in [-0.2, -0.15) is 0 Å². The highest BCUT2D eigenvalue weighted by Crippen LogP contribution is 2.51. The maximum Gasteiger partial charge on any atom is 0.472 e. The van der Waals surface area contributed by atoms with Crippen molar-refractivity contribution in [1.29, 1.82) is 0 Å². The molecular formula is C33H63O19P3. The number of esters is 2. The highest BCUT2D eigenvalue weighted by Gasteiger charge is 2.56. The van der Waals surface area contributed by atoms with Gasteiger partial charge in [-0.1, -0.05) is 90.2 Å². The number of phosphoric acid groups is 3. The van der Waals surface area contributed by atoms with Crippen LogP contribution in [0.15, 0.2) is 12.2 Å². The molecule has 55 heavy (non-hydrogen) atoms. The lowest BCUT2D eigenvalue weighted by atomic mass is 9.85. The van der Waals surface area contributed by atoms with E-state index in [1.165, 1.54) is 19.3 Å². The third-order valence-corrected chi connectivity index (χ3v) is 10.6. The van der Waals surface area contributed by atoms with Crippen LogP contribution in [-0.4, -0.2) is 108 Å². The molecule has 0 aromatic heterocycles. The van der Waals surface area contributed by atoms with Crippen molar-refractivity contribution in [2.75, 3.05) is 13.2 Å². The normalized spacial score (nSPS) is 23.7. The lowest BCUT2D eigenvalue weighted by Gasteiger charge is -2.44. The largest absolute Gasteiger partial charge is 0.472 e. The average Bonchev–Trinajstić information content (AvgIpc) is 3.09. The number of phosphoric ester groups is 3. The molecule has 0 amide bonds. The van der Waals surface area contributed by atoms with Crippen LogP contribution < -0.4 is 0 Å². The predicted octanol–water partition coefficient (Wildman–Crippen LogP) is 4.61. The number of hydrogen-bond acceptors (Lipinski definition) is 14. The highest BCUT2D eigenvalue weighted by molar-refractivity contribution is 7.47. The molecule has 1 fully saturated rings. The summed E-state index contributed by atoms with van der Waals surface area (Å²) >= 11 is 0. The minimum atomic E-state index is -5.59. The molecule has 8 N–H and O–H groups in total. The Morgan fingerprint density at radius 1 is 0.564 bits per heavy atom. The quantitative estimate of drug-likeness (QED) is 0.0204. The van der Waals surface area contributed by atoms with Gasteiger partial charge in [0.05, 0.1) is 6.61 Å². The van der Waals surface area contributed by atoms with Crippen LogP contribution in [0.3, 0.4) is 0 Å². The van der Waals surface area contributed by atoms with E-state index in [2.05, 4.69) is 35.0 Å². The van der Waals surface area contributed by atoms with Crippen molar-refractivity contribution in [1.82, 2.24) is 0 Å². The fourth-order valence-electron chi connectivity index (χ4n) is 5.69. The first-order valence-electron chi connectivity index (χ1n) is 19.0. The second-order valence-corrected chi connectivity index (χ2v) is 17.3. The van der Waals surface area contributed by atoms with Crippen molar-refractivity contribution >= 4 is 35.4 Å². The Kier molecular flexibility index (Phi) is 26.0. The van der Waals surface area contributed by atoms with Crippen LogP contribution in [0.4, 0.5) is 0 Å². The second-order valence-electron chi connectivity index (χ2n) is 13.5. The number of rotatable bonds is 31. The van der Waals surface area contributed by atoms with E-state index >= 15 is 0 Å². The van der Waals surface area contributed by atoms with Crippen LogP contribution in [-0.2, 0) is 50.9 Å². The summed E-state index contributed by atoms with van der Waals surface area (Å²) < 4.78 is 64.8. The topological polar surface area (TPSA) is 303 Å². The molecule has 1 unspecified atom stereocenters. The maximum atomic E-state index is 13.0. The van der Waals surface area contributed by atoms with Gasteiger partial charge in [0.15, 0.2) is 6.10 Å². The summed E-state index contributed by atoms with van der Waals surface area (Å²) in [7, 11) is -16.6. The monoisotopic (exact) mass is 856 g/mol. The zero-order valence-corrected chi connectivity index (χ0v) is 34.4. The highest BCUT2D eigenvalue weighted by atomic mass is 31.2. The summed E-state index contributed by atoms with van der Waals surface area (Å²) in [5.74, 6) is -1.32. The third-order valence-electron chi connectivity index (χ3n) is 8.57. The Bertz CT molecular complexity index is 1260. The molecular weight excluding hydrogens is 793 g/mol. The molecule has 0 radical (unpaired) electrons. The van der Waals surface area contributed by atoms with Crippen molar-refractivity contribution in [3.63, 3.8) is 0 Å². The molecule has 0 aromatic rings. The Hall–Kier alpha value is -1.11. The minimum Gasteiger partial charge on any atom is -0.462 e. The summed E-state index contributed by atoms with van der Waals surface area (Å²) in [4.78, 5) is 72.4. The first-order chi connectivity index (χ1) is 25.8. The summed E-state index contributed by atoms with van der Waals surface area (Å²) in [5, 5.41) is 31.6.